The Labute approximate surface area is 279 Å². The largest absolute Gasteiger partial charge is 0.461 e. The molecule has 0 aliphatic heterocycles. The van der Waals surface area contributed by atoms with Gasteiger partial charge in [0.05, 0.1) is 11.6 Å². The number of aromatic nitrogens is 2. The Kier molecular flexibility index (Phi) is 12.0. The number of nitrogens with zero attached hydrogens (tertiary/aromatic N) is 3. The van der Waals surface area contributed by atoms with Crippen molar-refractivity contribution in [1.82, 2.24) is 14.7 Å². The number of carbonyl (C=O) groups is 2. The van der Waals surface area contributed by atoms with Crippen molar-refractivity contribution in [1.29, 1.82) is 5.41 Å². The Hall–Kier alpha value is -5.14. The SMILES string of the molecule is Cn1nc(-c2ccc(C(=N)N)cc2)cc(C(=O)N(C)[C@H]2CC[C@H](C(=O)OCc3ccccc3)CC2)c1=O.O=S(=O)(O)Cc1ccccc1. The third-order valence-electron chi connectivity index (χ3n) is 8.10. The summed E-state index contributed by atoms with van der Waals surface area (Å²) < 4.78 is 35.8. The number of amidine groups is 1. The van der Waals surface area contributed by atoms with E-state index in [1.807, 2.05) is 30.3 Å². The Morgan fingerprint density at radius 2 is 1.52 bits per heavy atom. The maximum Gasteiger partial charge on any atom is 0.309 e. The van der Waals surface area contributed by atoms with Crippen LogP contribution in [0.5, 0.6) is 0 Å². The number of carbonyl (C=O) groups excluding carboxylic acids is 2. The number of amides is 1. The van der Waals surface area contributed by atoms with Crippen molar-refractivity contribution >= 4 is 27.8 Å². The second-order valence-electron chi connectivity index (χ2n) is 11.6. The van der Waals surface area contributed by atoms with Crippen LogP contribution < -0.4 is 11.3 Å². The summed E-state index contributed by atoms with van der Waals surface area (Å²) in [6, 6.07) is 26.4. The summed E-state index contributed by atoms with van der Waals surface area (Å²) in [5.41, 5.74) is 8.37. The number of esters is 1. The van der Waals surface area contributed by atoms with Gasteiger partial charge in [0.25, 0.3) is 21.6 Å². The number of rotatable bonds is 9. The zero-order valence-electron chi connectivity index (χ0n) is 26.8. The molecular formula is C35H39N5O7S. The molecule has 4 N–H and O–H groups in total. The molecule has 5 rings (SSSR count). The van der Waals surface area contributed by atoms with E-state index in [0.29, 0.717) is 48.1 Å². The van der Waals surface area contributed by atoms with Gasteiger partial charge < -0.3 is 15.4 Å². The standard InChI is InChI=1S/C28H31N5O4.C7H8O3S/c1-32(22-14-12-21(13-15-22)28(36)37-17-18-6-4-3-5-7-18)26(34)23-16-24(31-33(2)27(23)35)19-8-10-20(11-9-19)25(29)30;8-11(9,10)6-7-4-2-1-3-5-7/h3-11,16,21-22H,12-15,17H2,1-2H3,(H3,29,30);1-5H,6H2,(H,8,9,10)/t21-,22-;. The number of benzene rings is 3. The molecule has 1 amide bonds. The first kappa shape index (κ1) is 35.7. The molecule has 12 nitrogen and oxygen atoms in total. The van der Waals surface area contributed by atoms with Crippen LogP contribution in [0.1, 0.15) is 52.7 Å². The molecule has 0 spiro atoms. The minimum atomic E-state index is -3.88. The molecule has 0 bridgehead atoms. The van der Waals surface area contributed by atoms with E-state index in [0.717, 1.165) is 10.2 Å². The van der Waals surface area contributed by atoms with E-state index in [2.05, 4.69) is 5.10 Å². The third-order valence-corrected chi connectivity index (χ3v) is 8.80. The van der Waals surface area contributed by atoms with E-state index < -0.39 is 15.7 Å². The summed E-state index contributed by atoms with van der Waals surface area (Å²) in [7, 11) is -0.668. The molecule has 0 atom stereocenters. The van der Waals surface area contributed by atoms with Crippen LogP contribution in [0.15, 0.2) is 95.8 Å². The number of aryl methyl sites for hydroxylation is 1. The van der Waals surface area contributed by atoms with Crippen molar-refractivity contribution in [2.24, 2.45) is 18.7 Å². The van der Waals surface area contributed by atoms with Crippen LogP contribution in [0, 0.1) is 11.3 Å². The smallest absolute Gasteiger partial charge is 0.309 e. The molecule has 0 saturated heterocycles. The van der Waals surface area contributed by atoms with Gasteiger partial charge in [-0.2, -0.15) is 13.5 Å². The van der Waals surface area contributed by atoms with Crippen LogP contribution in [0.25, 0.3) is 11.3 Å². The first-order valence-electron chi connectivity index (χ1n) is 15.3. The molecule has 1 aromatic heterocycles. The Balaban J connectivity index is 0.000000401. The number of nitrogens with one attached hydrogen (secondary N) is 1. The van der Waals surface area contributed by atoms with Crippen molar-refractivity contribution in [3.05, 3.63) is 124 Å². The minimum absolute atomic E-state index is 0.0371. The summed E-state index contributed by atoms with van der Waals surface area (Å²) in [6.07, 6.45) is 2.55. The molecule has 1 aliphatic carbocycles. The van der Waals surface area contributed by atoms with Gasteiger partial charge in [0, 0.05) is 31.3 Å². The van der Waals surface area contributed by atoms with Crippen LogP contribution in [-0.2, 0) is 39.1 Å². The normalized spacial score (nSPS) is 15.8. The number of nitrogens with two attached hydrogens (primary N) is 1. The molecule has 1 fully saturated rings. The fourth-order valence-corrected chi connectivity index (χ4v) is 6.02. The van der Waals surface area contributed by atoms with Crippen LogP contribution >= 0.6 is 0 Å². The highest BCUT2D eigenvalue weighted by atomic mass is 32.2. The van der Waals surface area contributed by atoms with Gasteiger partial charge in [-0.05, 0) is 42.9 Å². The third kappa shape index (κ3) is 9.93. The molecular weight excluding hydrogens is 634 g/mol. The van der Waals surface area contributed by atoms with Crippen molar-refractivity contribution in [2.45, 2.75) is 44.1 Å². The van der Waals surface area contributed by atoms with Crippen LogP contribution in [-0.4, -0.2) is 58.5 Å². The fraction of sp³-hybridized carbons (Fsp3) is 0.286. The fourth-order valence-electron chi connectivity index (χ4n) is 5.41. The predicted molar refractivity (Wildman–Crippen MR) is 182 cm³/mol. The molecule has 1 heterocycles. The van der Waals surface area contributed by atoms with Crippen molar-refractivity contribution in [3.63, 3.8) is 0 Å². The maximum atomic E-state index is 13.4. The maximum absolute atomic E-state index is 13.4. The summed E-state index contributed by atoms with van der Waals surface area (Å²) in [5.74, 6) is -1.13. The second kappa shape index (κ2) is 16.1. The summed E-state index contributed by atoms with van der Waals surface area (Å²) in [6.45, 7) is 0.253. The number of hydrogen-bond acceptors (Lipinski definition) is 8. The van der Waals surface area contributed by atoms with Gasteiger partial charge in [0.2, 0.25) is 0 Å². The molecule has 252 valence electrons. The van der Waals surface area contributed by atoms with Crippen LogP contribution in [0.3, 0.4) is 0 Å². The molecule has 1 saturated carbocycles. The number of nitrogen functional groups attached to an aromatic ring is 1. The zero-order valence-corrected chi connectivity index (χ0v) is 27.6. The lowest BCUT2D eigenvalue weighted by Crippen LogP contribution is -2.43. The van der Waals surface area contributed by atoms with Gasteiger partial charge >= 0.3 is 5.97 Å². The summed E-state index contributed by atoms with van der Waals surface area (Å²) in [5, 5.41) is 11.8. The van der Waals surface area contributed by atoms with Gasteiger partial charge in [-0.15, -0.1) is 0 Å². The molecule has 13 heteroatoms. The molecule has 48 heavy (non-hydrogen) atoms. The van der Waals surface area contributed by atoms with E-state index in [-0.39, 0.29) is 47.6 Å². The number of ether oxygens (including phenoxy) is 1. The quantitative estimate of drug-likeness (QED) is 0.101. The van der Waals surface area contributed by atoms with E-state index in [1.165, 1.54) is 13.1 Å². The highest BCUT2D eigenvalue weighted by molar-refractivity contribution is 7.85. The average molecular weight is 674 g/mol. The molecule has 4 aromatic rings. The Morgan fingerprint density at radius 3 is 2.06 bits per heavy atom. The predicted octanol–water partition coefficient (Wildman–Crippen LogP) is 4.18. The summed E-state index contributed by atoms with van der Waals surface area (Å²) >= 11 is 0. The first-order chi connectivity index (χ1) is 22.8. The molecule has 1 aliphatic rings. The van der Waals surface area contributed by atoms with Crippen LogP contribution in [0.2, 0.25) is 0 Å². The highest BCUT2D eigenvalue weighted by Crippen LogP contribution is 2.29. The van der Waals surface area contributed by atoms with Gasteiger partial charge in [0.1, 0.15) is 23.8 Å². The minimum Gasteiger partial charge on any atom is -0.461 e. The van der Waals surface area contributed by atoms with Crippen LogP contribution in [0.4, 0.5) is 0 Å². The summed E-state index contributed by atoms with van der Waals surface area (Å²) in [4.78, 5) is 40.3. The van der Waals surface area contributed by atoms with Crippen molar-refractivity contribution in [2.75, 3.05) is 7.05 Å². The highest BCUT2D eigenvalue weighted by Gasteiger charge is 2.32. The second-order valence-corrected chi connectivity index (χ2v) is 13.0. The Bertz CT molecular complexity index is 1890. The number of hydrogen-bond donors (Lipinski definition) is 3. The lowest BCUT2D eigenvalue weighted by Gasteiger charge is -2.34. The topological polar surface area (TPSA) is 186 Å². The van der Waals surface area contributed by atoms with Gasteiger partial charge in [-0.3, -0.25) is 24.3 Å². The van der Waals surface area contributed by atoms with Gasteiger partial charge in [-0.25, -0.2) is 4.68 Å². The van der Waals surface area contributed by atoms with Gasteiger partial charge in [-0.1, -0.05) is 84.9 Å². The van der Waals surface area contributed by atoms with E-state index >= 15 is 0 Å². The van der Waals surface area contributed by atoms with E-state index in [4.69, 9.17) is 20.4 Å². The molecule has 3 aromatic carbocycles. The molecule has 0 unspecified atom stereocenters. The lowest BCUT2D eigenvalue weighted by molar-refractivity contribution is -0.151. The zero-order chi connectivity index (χ0) is 34.8. The Morgan fingerprint density at radius 1 is 0.958 bits per heavy atom. The van der Waals surface area contributed by atoms with Crippen molar-refractivity contribution in [3.8, 4) is 11.3 Å². The van der Waals surface area contributed by atoms with Crippen molar-refractivity contribution < 1.29 is 27.3 Å². The van der Waals surface area contributed by atoms with E-state index in [9.17, 15) is 22.8 Å². The monoisotopic (exact) mass is 673 g/mol. The van der Waals surface area contributed by atoms with E-state index in [1.54, 1.807) is 66.5 Å². The lowest BCUT2D eigenvalue weighted by atomic mass is 9.85. The van der Waals surface area contributed by atoms with Gasteiger partial charge in [0.15, 0.2) is 0 Å². The first-order valence-corrected chi connectivity index (χ1v) is 16.9. The molecule has 0 radical (unpaired) electrons. The average Bonchev–Trinajstić information content (AvgIpc) is 3.08.